The predicted octanol–water partition coefficient (Wildman–Crippen LogP) is 4.19. The summed E-state index contributed by atoms with van der Waals surface area (Å²) in [4.78, 5) is 31.1. The molecule has 0 bridgehead atoms. The molecular formula is C23H24N2O4. The maximum atomic E-state index is 12.3. The fraction of sp³-hybridized carbons (Fsp3) is 0.478. The van der Waals surface area contributed by atoms with Gasteiger partial charge in [0.15, 0.2) is 0 Å². The number of hydrogen-bond acceptors (Lipinski definition) is 4. The van der Waals surface area contributed by atoms with Gasteiger partial charge in [-0.05, 0) is 48.5 Å². The lowest BCUT2D eigenvalue weighted by molar-refractivity contribution is -0.148. The molecule has 0 aromatic carbocycles. The summed E-state index contributed by atoms with van der Waals surface area (Å²) in [7, 11) is 0. The second-order valence-electron chi connectivity index (χ2n) is 7.61. The Morgan fingerprint density at radius 2 is 2.03 bits per heavy atom. The molecule has 0 N–H and O–H groups in total. The molecule has 3 rings (SSSR count). The molecule has 0 heterocycles. The van der Waals surface area contributed by atoms with Crippen molar-refractivity contribution in [2.75, 3.05) is 13.2 Å². The topological polar surface area (TPSA) is 61.3 Å². The highest BCUT2D eigenvalue weighted by atomic mass is 16.5. The van der Waals surface area contributed by atoms with Gasteiger partial charge in [0.05, 0.1) is 12.5 Å². The summed E-state index contributed by atoms with van der Waals surface area (Å²) < 4.78 is 10.4. The summed E-state index contributed by atoms with van der Waals surface area (Å²) in [5.74, 6) is -1.06. The third-order valence-corrected chi connectivity index (χ3v) is 5.84. The Kier molecular flexibility index (Phi) is 5.75. The minimum atomic E-state index is -1.34. The third-order valence-electron chi connectivity index (χ3n) is 5.84. The molecule has 0 aromatic rings. The van der Waals surface area contributed by atoms with E-state index in [4.69, 9.17) is 22.6 Å². The van der Waals surface area contributed by atoms with Crippen LogP contribution in [0.2, 0.25) is 0 Å². The van der Waals surface area contributed by atoms with E-state index in [1.165, 1.54) is 6.92 Å². The van der Waals surface area contributed by atoms with Crippen LogP contribution in [0.15, 0.2) is 46.6 Å². The van der Waals surface area contributed by atoms with Gasteiger partial charge < -0.3 is 9.47 Å². The van der Waals surface area contributed by atoms with Crippen LogP contribution in [0.4, 0.5) is 0 Å². The summed E-state index contributed by atoms with van der Waals surface area (Å²) in [6, 6.07) is 0. The number of esters is 2. The van der Waals surface area contributed by atoms with Crippen molar-refractivity contribution in [1.29, 1.82) is 0 Å². The van der Waals surface area contributed by atoms with Gasteiger partial charge in [-0.3, -0.25) is 9.59 Å². The van der Waals surface area contributed by atoms with E-state index in [2.05, 4.69) is 22.3 Å². The first-order chi connectivity index (χ1) is 13.8. The first-order valence-electron chi connectivity index (χ1n) is 9.74. The van der Waals surface area contributed by atoms with Crippen LogP contribution in [0.1, 0.15) is 39.5 Å². The molecule has 0 amide bonds. The van der Waals surface area contributed by atoms with E-state index in [1.54, 1.807) is 6.92 Å². The highest BCUT2D eigenvalue weighted by Crippen LogP contribution is 2.51. The van der Waals surface area contributed by atoms with E-state index < -0.39 is 5.66 Å². The summed E-state index contributed by atoms with van der Waals surface area (Å²) in [5, 5.41) is 0. The zero-order valence-corrected chi connectivity index (χ0v) is 16.8. The average Bonchev–Trinajstić information content (AvgIpc) is 2.90. The largest absolute Gasteiger partial charge is 0.510 e. The average molecular weight is 392 g/mol. The molecule has 6 heteroatoms. The van der Waals surface area contributed by atoms with Gasteiger partial charge in [0, 0.05) is 12.8 Å². The minimum Gasteiger partial charge on any atom is -0.466 e. The number of allylic oxidation sites excluding steroid dienone is 3. The van der Waals surface area contributed by atoms with Crippen LogP contribution >= 0.6 is 0 Å². The molecular weight excluding hydrogens is 368 g/mol. The quantitative estimate of drug-likeness (QED) is 0.409. The standard InChI is InChI=1S/C23H24N2O4/c1-6-28-22(27)16-7-8-21-18(10-16)11-17-9-14(2)20(13-29-15(3)26)19(17)12-23(21,24-4)25-5/h8,11,16,18H,2,6-7,9-10,12-13H2,1,3H3/t16-,18-/m0/s1. The third kappa shape index (κ3) is 3.76. The lowest BCUT2D eigenvalue weighted by Gasteiger charge is -2.26. The molecule has 2 atom stereocenters. The van der Waals surface area contributed by atoms with Crippen molar-refractivity contribution >= 4 is 11.9 Å². The van der Waals surface area contributed by atoms with Gasteiger partial charge in [0.1, 0.15) is 18.6 Å². The molecule has 6 nitrogen and oxygen atoms in total. The van der Waals surface area contributed by atoms with Crippen molar-refractivity contribution in [2.45, 2.75) is 45.2 Å². The Hall–Kier alpha value is -3.12. The van der Waals surface area contributed by atoms with E-state index in [1.807, 2.05) is 6.08 Å². The van der Waals surface area contributed by atoms with Crippen molar-refractivity contribution in [3.05, 3.63) is 69.4 Å². The molecule has 3 aliphatic rings. The Morgan fingerprint density at radius 3 is 2.66 bits per heavy atom. The SMILES string of the molecule is [C-]#[N+]C1([N+]#[C-])CC2=C(COC(C)=O)C(=C)CC2=C[C@@H]2C[C@@H](C(=O)OCC)CC=C21. The summed E-state index contributed by atoms with van der Waals surface area (Å²) in [6.45, 7) is 23.3. The normalized spacial score (nSPS) is 24.8. The molecule has 0 aliphatic heterocycles. The predicted molar refractivity (Wildman–Crippen MR) is 107 cm³/mol. The second-order valence-corrected chi connectivity index (χ2v) is 7.61. The van der Waals surface area contributed by atoms with Crippen LogP contribution in [0.5, 0.6) is 0 Å². The number of carbonyl (C=O) groups is 2. The number of rotatable bonds is 4. The van der Waals surface area contributed by atoms with E-state index >= 15 is 0 Å². The van der Waals surface area contributed by atoms with Crippen molar-refractivity contribution < 1.29 is 19.1 Å². The molecule has 0 aromatic heterocycles. The number of fused-ring (bicyclic) bond motifs is 2. The molecule has 0 unspecified atom stereocenters. The zero-order chi connectivity index (χ0) is 21.2. The van der Waals surface area contributed by atoms with Crippen molar-refractivity contribution in [3.8, 4) is 0 Å². The summed E-state index contributed by atoms with van der Waals surface area (Å²) >= 11 is 0. The molecule has 0 saturated carbocycles. The number of hydrogen-bond donors (Lipinski definition) is 0. The molecule has 0 spiro atoms. The first kappa shape index (κ1) is 20.6. The highest BCUT2D eigenvalue weighted by Gasteiger charge is 2.56. The highest BCUT2D eigenvalue weighted by molar-refractivity contribution is 5.73. The van der Waals surface area contributed by atoms with E-state index in [0.717, 1.165) is 27.9 Å². The molecule has 0 radical (unpaired) electrons. The number of carbonyl (C=O) groups excluding carboxylic acids is 2. The lowest BCUT2D eigenvalue weighted by atomic mass is 9.76. The maximum absolute atomic E-state index is 12.3. The summed E-state index contributed by atoms with van der Waals surface area (Å²) in [5.41, 5.74) is 2.99. The van der Waals surface area contributed by atoms with Gasteiger partial charge in [-0.1, -0.05) is 18.7 Å². The maximum Gasteiger partial charge on any atom is 0.510 e. The van der Waals surface area contributed by atoms with Gasteiger partial charge in [0.25, 0.3) is 0 Å². The fourth-order valence-corrected chi connectivity index (χ4v) is 4.44. The van der Waals surface area contributed by atoms with Crippen molar-refractivity contribution in [1.82, 2.24) is 0 Å². The summed E-state index contributed by atoms with van der Waals surface area (Å²) in [6.07, 6.45) is 5.83. The molecule has 0 fully saturated rings. The van der Waals surface area contributed by atoms with Crippen LogP contribution in [-0.4, -0.2) is 30.8 Å². The Bertz CT molecular complexity index is 925. The van der Waals surface area contributed by atoms with Gasteiger partial charge >= 0.3 is 17.6 Å². The molecule has 3 aliphatic carbocycles. The minimum absolute atomic E-state index is 0.0993. The van der Waals surface area contributed by atoms with Gasteiger partial charge in [-0.15, -0.1) is 0 Å². The lowest BCUT2D eigenvalue weighted by Crippen LogP contribution is -2.32. The monoisotopic (exact) mass is 392 g/mol. The fourth-order valence-electron chi connectivity index (χ4n) is 4.44. The van der Waals surface area contributed by atoms with E-state index in [9.17, 15) is 9.59 Å². The molecule has 29 heavy (non-hydrogen) atoms. The Labute approximate surface area is 171 Å². The van der Waals surface area contributed by atoms with Crippen LogP contribution in [0.25, 0.3) is 9.69 Å². The number of ether oxygens (including phenoxy) is 2. The van der Waals surface area contributed by atoms with Crippen LogP contribution in [-0.2, 0) is 19.1 Å². The second kappa shape index (κ2) is 8.09. The smallest absolute Gasteiger partial charge is 0.466 e. The van der Waals surface area contributed by atoms with Crippen LogP contribution in [0, 0.1) is 25.0 Å². The zero-order valence-electron chi connectivity index (χ0n) is 16.8. The van der Waals surface area contributed by atoms with E-state index in [0.29, 0.717) is 25.9 Å². The van der Waals surface area contributed by atoms with Crippen molar-refractivity contribution in [2.24, 2.45) is 11.8 Å². The Balaban J connectivity index is 2.06. The van der Waals surface area contributed by atoms with Crippen LogP contribution < -0.4 is 0 Å². The van der Waals surface area contributed by atoms with Crippen LogP contribution in [0.3, 0.4) is 0 Å². The van der Waals surface area contributed by atoms with E-state index in [-0.39, 0.29) is 36.8 Å². The Morgan fingerprint density at radius 1 is 1.31 bits per heavy atom. The van der Waals surface area contributed by atoms with Gasteiger partial charge in [0.2, 0.25) is 0 Å². The van der Waals surface area contributed by atoms with Crippen molar-refractivity contribution in [3.63, 3.8) is 0 Å². The van der Waals surface area contributed by atoms with Gasteiger partial charge in [-0.2, -0.15) is 0 Å². The number of nitrogens with zero attached hydrogens (tertiary/aromatic N) is 2. The van der Waals surface area contributed by atoms with Gasteiger partial charge in [-0.25, -0.2) is 22.8 Å². The molecule has 150 valence electrons. The first-order valence-corrected chi connectivity index (χ1v) is 9.74. The molecule has 0 saturated heterocycles.